The molecule has 122 valence electrons. The predicted molar refractivity (Wildman–Crippen MR) is 91.7 cm³/mol. The first kappa shape index (κ1) is 15.8. The Kier molecular flexibility index (Phi) is 4.00. The Hall–Kier alpha value is -2.10. The Balaban J connectivity index is 1.87. The number of carbonyl (C=O) groups excluding carboxylic acids is 1. The van der Waals surface area contributed by atoms with Gasteiger partial charge in [-0.05, 0) is 25.5 Å². The second-order valence-corrected chi connectivity index (χ2v) is 6.87. The topological polar surface area (TPSA) is 38.1 Å². The maximum Gasteiger partial charge on any atom is 0.254 e. The molecule has 0 aliphatic carbocycles. The molecule has 4 nitrogen and oxygen atoms in total. The Morgan fingerprint density at radius 1 is 1.26 bits per heavy atom. The third kappa shape index (κ3) is 2.78. The molecule has 1 amide bonds. The maximum absolute atomic E-state index is 12.9. The molecular formula is C19H25N3O. The zero-order chi connectivity index (χ0) is 16.7. The lowest BCUT2D eigenvalue weighted by atomic mass is 10.0. The number of rotatable bonds is 2. The van der Waals surface area contributed by atoms with Crippen molar-refractivity contribution < 1.29 is 4.79 Å². The minimum absolute atomic E-state index is 0.116. The molecule has 2 aromatic rings. The van der Waals surface area contributed by atoms with E-state index in [9.17, 15) is 4.79 Å². The predicted octanol–water partition coefficient (Wildman–Crippen LogP) is 3.36. The summed E-state index contributed by atoms with van der Waals surface area (Å²) < 4.78 is 2.21. The second kappa shape index (κ2) is 5.84. The lowest BCUT2D eigenvalue weighted by Gasteiger charge is -2.27. The number of aryl methyl sites for hydroxylation is 2. The average Bonchev–Trinajstić information content (AvgIpc) is 2.83. The van der Waals surface area contributed by atoms with Crippen molar-refractivity contribution in [3.8, 4) is 0 Å². The SMILES string of the molecule is Cc1ccc(C(=O)N2CCc3c(nc(C(C)C)n3C)C2)c(C)c1. The summed E-state index contributed by atoms with van der Waals surface area (Å²) in [5, 5.41) is 0. The van der Waals surface area contributed by atoms with Crippen LogP contribution in [-0.2, 0) is 20.0 Å². The van der Waals surface area contributed by atoms with Crippen molar-refractivity contribution in [1.29, 1.82) is 0 Å². The molecule has 23 heavy (non-hydrogen) atoms. The molecule has 0 saturated heterocycles. The highest BCUT2D eigenvalue weighted by atomic mass is 16.2. The smallest absolute Gasteiger partial charge is 0.254 e. The summed E-state index contributed by atoms with van der Waals surface area (Å²) in [4.78, 5) is 19.6. The lowest BCUT2D eigenvalue weighted by Crippen LogP contribution is -2.36. The summed E-state index contributed by atoms with van der Waals surface area (Å²) in [6.45, 7) is 9.75. The van der Waals surface area contributed by atoms with Gasteiger partial charge in [-0.15, -0.1) is 0 Å². The number of amides is 1. The van der Waals surface area contributed by atoms with E-state index in [0.29, 0.717) is 12.5 Å². The van der Waals surface area contributed by atoms with Gasteiger partial charge in [-0.3, -0.25) is 4.79 Å². The maximum atomic E-state index is 12.9. The first-order valence-corrected chi connectivity index (χ1v) is 8.29. The Morgan fingerprint density at radius 2 is 2.00 bits per heavy atom. The van der Waals surface area contributed by atoms with Gasteiger partial charge in [0.25, 0.3) is 5.91 Å². The zero-order valence-corrected chi connectivity index (χ0v) is 14.7. The number of nitrogens with zero attached hydrogens (tertiary/aromatic N) is 3. The van der Waals surface area contributed by atoms with E-state index in [2.05, 4.69) is 38.5 Å². The van der Waals surface area contributed by atoms with Gasteiger partial charge in [-0.2, -0.15) is 0 Å². The number of carbonyl (C=O) groups is 1. The summed E-state index contributed by atoms with van der Waals surface area (Å²) in [5.74, 6) is 1.62. The fourth-order valence-corrected chi connectivity index (χ4v) is 3.46. The van der Waals surface area contributed by atoms with Gasteiger partial charge in [0.05, 0.1) is 12.2 Å². The summed E-state index contributed by atoms with van der Waals surface area (Å²) >= 11 is 0. The van der Waals surface area contributed by atoms with Crippen LogP contribution >= 0.6 is 0 Å². The molecule has 3 rings (SSSR count). The Labute approximate surface area is 138 Å². The lowest BCUT2D eigenvalue weighted by molar-refractivity contribution is 0.0730. The monoisotopic (exact) mass is 311 g/mol. The van der Waals surface area contributed by atoms with Crippen molar-refractivity contribution in [2.75, 3.05) is 6.54 Å². The standard InChI is InChI=1S/C19H25N3O/c1-12(2)18-20-16-11-22(9-8-17(16)21(18)5)19(23)15-7-6-13(3)10-14(15)4/h6-7,10,12H,8-9,11H2,1-5H3. The van der Waals surface area contributed by atoms with Crippen LogP contribution in [0.3, 0.4) is 0 Å². The van der Waals surface area contributed by atoms with E-state index < -0.39 is 0 Å². The van der Waals surface area contributed by atoms with E-state index in [0.717, 1.165) is 35.6 Å². The van der Waals surface area contributed by atoms with Gasteiger partial charge in [0.2, 0.25) is 0 Å². The zero-order valence-electron chi connectivity index (χ0n) is 14.7. The van der Waals surface area contributed by atoms with Crippen LogP contribution in [0.2, 0.25) is 0 Å². The molecule has 0 saturated carbocycles. The molecule has 0 spiro atoms. The van der Waals surface area contributed by atoms with Crippen molar-refractivity contribution in [2.45, 2.75) is 46.6 Å². The Bertz CT molecular complexity index is 758. The first-order chi connectivity index (χ1) is 10.9. The van der Waals surface area contributed by atoms with E-state index in [1.807, 2.05) is 24.0 Å². The molecule has 0 radical (unpaired) electrons. The summed E-state index contributed by atoms with van der Waals surface area (Å²) in [5.41, 5.74) is 5.37. The average molecular weight is 311 g/mol. The van der Waals surface area contributed by atoms with Gasteiger partial charge in [-0.25, -0.2) is 4.98 Å². The largest absolute Gasteiger partial charge is 0.334 e. The molecule has 0 bridgehead atoms. The summed E-state index contributed by atoms with van der Waals surface area (Å²) in [7, 11) is 2.09. The molecule has 0 atom stereocenters. The van der Waals surface area contributed by atoms with E-state index in [1.54, 1.807) is 0 Å². The quantitative estimate of drug-likeness (QED) is 0.853. The highest BCUT2D eigenvalue weighted by Crippen LogP contribution is 2.25. The molecule has 0 N–H and O–H groups in total. The molecule has 1 aromatic carbocycles. The Morgan fingerprint density at radius 3 is 2.65 bits per heavy atom. The van der Waals surface area contributed by atoms with Gasteiger partial charge >= 0.3 is 0 Å². The molecule has 2 heterocycles. The van der Waals surface area contributed by atoms with E-state index in [-0.39, 0.29) is 5.91 Å². The van der Waals surface area contributed by atoms with Crippen molar-refractivity contribution in [1.82, 2.24) is 14.5 Å². The molecule has 0 unspecified atom stereocenters. The number of imidazole rings is 1. The van der Waals surface area contributed by atoms with Crippen LogP contribution in [0.1, 0.15) is 58.5 Å². The van der Waals surface area contributed by atoms with E-state index >= 15 is 0 Å². The molecule has 1 aliphatic rings. The van der Waals surface area contributed by atoms with Crippen molar-refractivity contribution >= 4 is 5.91 Å². The molecule has 0 fully saturated rings. The van der Waals surface area contributed by atoms with Crippen molar-refractivity contribution in [3.63, 3.8) is 0 Å². The number of hydrogen-bond donors (Lipinski definition) is 0. The van der Waals surface area contributed by atoms with Crippen LogP contribution in [0.5, 0.6) is 0 Å². The third-order valence-electron chi connectivity index (χ3n) is 4.71. The van der Waals surface area contributed by atoms with Gasteiger partial charge < -0.3 is 9.47 Å². The fraction of sp³-hybridized carbons (Fsp3) is 0.474. The van der Waals surface area contributed by atoms with E-state index in [4.69, 9.17) is 4.98 Å². The number of aromatic nitrogens is 2. The minimum Gasteiger partial charge on any atom is -0.334 e. The van der Waals surface area contributed by atoms with Crippen LogP contribution in [-0.4, -0.2) is 26.9 Å². The van der Waals surface area contributed by atoms with Gasteiger partial charge in [-0.1, -0.05) is 31.5 Å². The molecular weight excluding hydrogens is 286 g/mol. The highest BCUT2D eigenvalue weighted by Gasteiger charge is 2.27. The summed E-state index contributed by atoms with van der Waals surface area (Å²) in [6.07, 6.45) is 0.877. The number of benzene rings is 1. The van der Waals surface area contributed by atoms with Gasteiger partial charge in [0, 0.05) is 37.2 Å². The number of hydrogen-bond acceptors (Lipinski definition) is 2. The summed E-state index contributed by atoms with van der Waals surface area (Å²) in [6, 6.07) is 6.02. The minimum atomic E-state index is 0.116. The van der Waals surface area contributed by atoms with Crippen LogP contribution < -0.4 is 0 Å². The van der Waals surface area contributed by atoms with E-state index in [1.165, 1.54) is 11.3 Å². The first-order valence-electron chi connectivity index (χ1n) is 8.29. The van der Waals surface area contributed by atoms with Gasteiger partial charge in [0.15, 0.2) is 0 Å². The molecule has 4 heteroatoms. The highest BCUT2D eigenvalue weighted by molar-refractivity contribution is 5.95. The van der Waals surface area contributed by atoms with Crippen molar-refractivity contribution in [2.24, 2.45) is 7.05 Å². The van der Waals surface area contributed by atoms with Gasteiger partial charge in [0.1, 0.15) is 5.82 Å². The van der Waals surface area contributed by atoms with Crippen LogP contribution in [0.25, 0.3) is 0 Å². The second-order valence-electron chi connectivity index (χ2n) is 6.87. The third-order valence-corrected chi connectivity index (χ3v) is 4.71. The number of fused-ring (bicyclic) bond motifs is 1. The van der Waals surface area contributed by atoms with Crippen molar-refractivity contribution in [3.05, 3.63) is 52.1 Å². The molecule has 1 aromatic heterocycles. The molecule has 1 aliphatic heterocycles. The van der Waals surface area contributed by atoms with Crippen LogP contribution in [0.15, 0.2) is 18.2 Å². The van der Waals surface area contributed by atoms with Crippen LogP contribution in [0, 0.1) is 13.8 Å². The fourth-order valence-electron chi connectivity index (χ4n) is 3.46. The normalized spacial score (nSPS) is 14.3. The van der Waals surface area contributed by atoms with Crippen LogP contribution in [0.4, 0.5) is 0 Å².